The average molecular weight is 299 g/mol. The van der Waals surface area contributed by atoms with Gasteiger partial charge in [0.1, 0.15) is 0 Å². The molecule has 0 aromatic heterocycles. The Kier molecular flexibility index (Phi) is 7.50. The highest BCUT2D eigenvalue weighted by Gasteiger charge is 2.23. The molecule has 2 amide bonds. The summed E-state index contributed by atoms with van der Waals surface area (Å²) in [5.41, 5.74) is 0. The van der Waals surface area contributed by atoms with E-state index in [0.717, 1.165) is 19.5 Å². The van der Waals surface area contributed by atoms with Gasteiger partial charge in [-0.05, 0) is 38.3 Å². The van der Waals surface area contributed by atoms with E-state index in [1.165, 1.54) is 6.42 Å². The Morgan fingerprint density at radius 1 is 1.33 bits per heavy atom. The van der Waals surface area contributed by atoms with Crippen molar-refractivity contribution >= 4 is 12.0 Å². The third-order valence-electron chi connectivity index (χ3n) is 4.02. The zero-order chi connectivity index (χ0) is 15.8. The number of likely N-dealkylation sites (N-methyl/N-ethyl adjacent to an activating group) is 1. The highest BCUT2D eigenvalue weighted by atomic mass is 16.4. The van der Waals surface area contributed by atoms with Gasteiger partial charge in [0.2, 0.25) is 0 Å². The van der Waals surface area contributed by atoms with Crippen LogP contribution < -0.4 is 10.6 Å². The molecule has 1 aliphatic rings. The molecule has 0 bridgehead atoms. The molecule has 2 unspecified atom stereocenters. The third-order valence-corrected chi connectivity index (χ3v) is 4.02. The Hall–Kier alpha value is -1.30. The minimum absolute atomic E-state index is 0.182. The fourth-order valence-electron chi connectivity index (χ4n) is 2.87. The van der Waals surface area contributed by atoms with Crippen molar-refractivity contribution < 1.29 is 14.7 Å². The van der Waals surface area contributed by atoms with Crippen LogP contribution in [-0.4, -0.2) is 54.2 Å². The van der Waals surface area contributed by atoms with Gasteiger partial charge in [0.25, 0.3) is 0 Å². The number of amides is 2. The Bertz CT molecular complexity index is 347. The maximum Gasteiger partial charge on any atom is 0.314 e. The normalized spacial score (nSPS) is 20.5. The van der Waals surface area contributed by atoms with Crippen molar-refractivity contribution in [2.24, 2.45) is 11.8 Å². The second-order valence-corrected chi connectivity index (χ2v) is 6.18. The number of nitrogens with one attached hydrogen (secondary N) is 2. The van der Waals surface area contributed by atoms with Crippen LogP contribution in [0.15, 0.2) is 0 Å². The monoisotopic (exact) mass is 299 g/mol. The summed E-state index contributed by atoms with van der Waals surface area (Å²) < 4.78 is 0. The number of aliphatic carboxylic acids is 1. The van der Waals surface area contributed by atoms with Crippen molar-refractivity contribution in [1.29, 1.82) is 0 Å². The lowest BCUT2D eigenvalue weighted by Gasteiger charge is -2.23. The fraction of sp³-hybridized carbons (Fsp3) is 0.867. The molecular formula is C15H29N3O3. The number of carbonyl (C=O) groups excluding carboxylic acids is 1. The molecule has 0 aromatic rings. The Morgan fingerprint density at radius 2 is 2.05 bits per heavy atom. The van der Waals surface area contributed by atoms with Gasteiger partial charge in [-0.25, -0.2) is 4.79 Å². The predicted octanol–water partition coefficient (Wildman–Crippen LogP) is 1.52. The van der Waals surface area contributed by atoms with Crippen LogP contribution in [0.4, 0.5) is 4.79 Å². The van der Waals surface area contributed by atoms with E-state index < -0.39 is 11.9 Å². The molecule has 1 rings (SSSR count). The molecule has 3 N–H and O–H groups in total. The summed E-state index contributed by atoms with van der Waals surface area (Å²) in [6.45, 7) is 9.00. The van der Waals surface area contributed by atoms with Crippen molar-refractivity contribution in [3.8, 4) is 0 Å². The predicted molar refractivity (Wildman–Crippen MR) is 82.3 cm³/mol. The SMILES string of the molecule is CCN1CCCC1CNC(=O)NCC(CC(C)C)C(=O)O. The molecule has 21 heavy (non-hydrogen) atoms. The minimum atomic E-state index is -0.850. The maximum atomic E-state index is 11.8. The van der Waals surface area contributed by atoms with Crippen LogP contribution in [-0.2, 0) is 4.79 Å². The molecule has 0 radical (unpaired) electrons. The van der Waals surface area contributed by atoms with Crippen LogP contribution in [0.3, 0.4) is 0 Å². The van der Waals surface area contributed by atoms with Gasteiger partial charge in [-0.15, -0.1) is 0 Å². The van der Waals surface area contributed by atoms with E-state index in [0.29, 0.717) is 24.9 Å². The van der Waals surface area contributed by atoms with Crippen LogP contribution in [0.5, 0.6) is 0 Å². The first-order valence-electron chi connectivity index (χ1n) is 7.92. The molecule has 6 heteroatoms. The first kappa shape index (κ1) is 17.8. The van der Waals surface area contributed by atoms with E-state index in [9.17, 15) is 9.59 Å². The van der Waals surface area contributed by atoms with Gasteiger partial charge >= 0.3 is 12.0 Å². The van der Waals surface area contributed by atoms with Crippen molar-refractivity contribution in [2.75, 3.05) is 26.2 Å². The number of likely N-dealkylation sites (tertiary alicyclic amines) is 1. The van der Waals surface area contributed by atoms with Gasteiger partial charge in [-0.1, -0.05) is 20.8 Å². The number of hydrogen-bond acceptors (Lipinski definition) is 3. The first-order valence-corrected chi connectivity index (χ1v) is 7.92. The lowest BCUT2D eigenvalue weighted by atomic mass is 9.97. The van der Waals surface area contributed by atoms with Gasteiger partial charge in [0.05, 0.1) is 5.92 Å². The molecule has 122 valence electrons. The van der Waals surface area contributed by atoms with Gasteiger partial charge in [-0.3, -0.25) is 9.69 Å². The number of rotatable bonds is 8. The summed E-state index contributed by atoms with van der Waals surface area (Å²) in [6, 6.07) is 0.139. The van der Waals surface area contributed by atoms with E-state index in [1.54, 1.807) is 0 Å². The maximum absolute atomic E-state index is 11.8. The van der Waals surface area contributed by atoms with Crippen molar-refractivity contribution in [1.82, 2.24) is 15.5 Å². The molecular weight excluding hydrogens is 270 g/mol. The largest absolute Gasteiger partial charge is 0.481 e. The van der Waals surface area contributed by atoms with Crippen molar-refractivity contribution in [3.05, 3.63) is 0 Å². The number of nitrogens with zero attached hydrogens (tertiary/aromatic N) is 1. The second-order valence-electron chi connectivity index (χ2n) is 6.18. The van der Waals surface area contributed by atoms with Crippen LogP contribution in [0.2, 0.25) is 0 Å². The van der Waals surface area contributed by atoms with Crippen molar-refractivity contribution in [2.45, 2.75) is 46.1 Å². The van der Waals surface area contributed by atoms with Gasteiger partial charge in [0.15, 0.2) is 0 Å². The standard InChI is InChI=1S/C15H29N3O3/c1-4-18-7-5-6-13(18)10-17-15(21)16-9-12(14(19)20)8-11(2)3/h11-13H,4-10H2,1-3H3,(H,19,20)(H2,16,17,21). The topological polar surface area (TPSA) is 81.7 Å². The van der Waals surface area contributed by atoms with Crippen LogP contribution in [0.25, 0.3) is 0 Å². The Balaban J connectivity index is 2.28. The first-order chi connectivity index (χ1) is 9.93. The van der Waals surface area contributed by atoms with Gasteiger partial charge < -0.3 is 15.7 Å². The third kappa shape index (κ3) is 6.33. The molecule has 0 aromatic carbocycles. The average Bonchev–Trinajstić information content (AvgIpc) is 2.87. The summed E-state index contributed by atoms with van der Waals surface area (Å²) in [5.74, 6) is -1.07. The summed E-state index contributed by atoms with van der Waals surface area (Å²) in [5, 5.41) is 14.7. The van der Waals surface area contributed by atoms with E-state index in [2.05, 4.69) is 22.5 Å². The number of carbonyl (C=O) groups is 2. The Morgan fingerprint density at radius 3 is 2.62 bits per heavy atom. The number of carboxylic acids is 1. The zero-order valence-corrected chi connectivity index (χ0v) is 13.4. The molecule has 0 saturated carbocycles. The lowest BCUT2D eigenvalue weighted by molar-refractivity contribution is -0.142. The highest BCUT2D eigenvalue weighted by Crippen LogP contribution is 2.15. The molecule has 0 aliphatic carbocycles. The smallest absolute Gasteiger partial charge is 0.314 e. The van der Waals surface area contributed by atoms with E-state index >= 15 is 0 Å². The summed E-state index contributed by atoms with van der Waals surface area (Å²) in [6.07, 6.45) is 2.86. The second kappa shape index (κ2) is 8.87. The molecule has 6 nitrogen and oxygen atoms in total. The molecule has 0 spiro atoms. The summed E-state index contributed by atoms with van der Waals surface area (Å²) in [7, 11) is 0. The molecule has 1 heterocycles. The van der Waals surface area contributed by atoms with Gasteiger partial charge in [-0.2, -0.15) is 0 Å². The van der Waals surface area contributed by atoms with Crippen LogP contribution >= 0.6 is 0 Å². The Labute approximate surface area is 127 Å². The zero-order valence-electron chi connectivity index (χ0n) is 13.4. The summed E-state index contributed by atoms with van der Waals surface area (Å²) in [4.78, 5) is 25.3. The molecule has 1 aliphatic heterocycles. The fourth-order valence-corrected chi connectivity index (χ4v) is 2.87. The minimum Gasteiger partial charge on any atom is -0.481 e. The molecule has 2 atom stereocenters. The number of carboxylic acid groups (broad SMARTS) is 1. The summed E-state index contributed by atoms with van der Waals surface area (Å²) >= 11 is 0. The van der Waals surface area contributed by atoms with Gasteiger partial charge in [0, 0.05) is 19.1 Å². The van der Waals surface area contributed by atoms with Crippen LogP contribution in [0.1, 0.15) is 40.0 Å². The number of hydrogen-bond donors (Lipinski definition) is 3. The van der Waals surface area contributed by atoms with Crippen molar-refractivity contribution in [3.63, 3.8) is 0 Å². The molecule has 1 saturated heterocycles. The van der Waals surface area contributed by atoms with E-state index in [-0.39, 0.29) is 12.6 Å². The van der Waals surface area contributed by atoms with Crippen LogP contribution in [0, 0.1) is 11.8 Å². The number of urea groups is 1. The van der Waals surface area contributed by atoms with E-state index in [1.807, 2.05) is 13.8 Å². The lowest BCUT2D eigenvalue weighted by Crippen LogP contribution is -2.45. The highest BCUT2D eigenvalue weighted by molar-refractivity contribution is 5.75. The quantitative estimate of drug-likeness (QED) is 0.634. The van der Waals surface area contributed by atoms with E-state index in [4.69, 9.17) is 5.11 Å². The molecule has 1 fully saturated rings.